The fourth-order valence-electron chi connectivity index (χ4n) is 5.41. The van der Waals surface area contributed by atoms with Gasteiger partial charge in [0.2, 0.25) is 0 Å². The van der Waals surface area contributed by atoms with Crippen molar-refractivity contribution < 1.29 is 9.22 Å². The number of carbonyl (C=O) groups excluding carboxylic acids is 1. The molecule has 0 N–H and O–H groups in total. The zero-order valence-corrected chi connectivity index (χ0v) is 18.1. The highest BCUT2D eigenvalue weighted by atomic mass is 28.4. The summed E-state index contributed by atoms with van der Waals surface area (Å²) in [5, 5.41) is 0. The summed E-state index contributed by atoms with van der Waals surface area (Å²) in [6.07, 6.45) is 13.3. The minimum atomic E-state index is -1.38. The number of carbonyl (C=O) groups is 1. The molecular formula is C22H38O2Si. The predicted molar refractivity (Wildman–Crippen MR) is 107 cm³/mol. The third kappa shape index (κ3) is 4.13. The second kappa shape index (κ2) is 6.96. The lowest BCUT2D eigenvalue weighted by Crippen LogP contribution is -2.37. The summed E-state index contributed by atoms with van der Waals surface area (Å²) in [5.41, 5.74) is 2.34. The van der Waals surface area contributed by atoms with Gasteiger partial charge in [-0.15, -0.1) is 0 Å². The van der Waals surface area contributed by atoms with E-state index in [0.29, 0.717) is 23.0 Å². The van der Waals surface area contributed by atoms with Crippen molar-refractivity contribution in [3.63, 3.8) is 0 Å². The lowest BCUT2D eigenvalue weighted by atomic mass is 9.62. The lowest BCUT2D eigenvalue weighted by Gasteiger charge is -2.41. The molecule has 0 aromatic carbocycles. The fraction of sp³-hybridized carbons (Fsp3) is 0.864. The third-order valence-corrected chi connectivity index (χ3v) is 8.06. The third-order valence-electron chi connectivity index (χ3n) is 7.03. The van der Waals surface area contributed by atoms with Crippen LogP contribution in [-0.2, 0) is 9.22 Å². The van der Waals surface area contributed by atoms with Gasteiger partial charge in [-0.1, -0.05) is 31.9 Å². The second-order valence-electron chi connectivity index (χ2n) is 10.3. The molecule has 2 fully saturated rings. The molecule has 142 valence electrons. The van der Waals surface area contributed by atoms with Crippen molar-refractivity contribution in [3.05, 3.63) is 11.6 Å². The van der Waals surface area contributed by atoms with Crippen molar-refractivity contribution in [1.29, 1.82) is 0 Å². The maximum absolute atomic E-state index is 12.4. The topological polar surface area (TPSA) is 26.3 Å². The smallest absolute Gasteiger partial charge is 0.183 e. The number of hydrogen-bond acceptors (Lipinski definition) is 2. The molecule has 0 aromatic heterocycles. The van der Waals surface area contributed by atoms with Crippen molar-refractivity contribution in [1.82, 2.24) is 0 Å². The van der Waals surface area contributed by atoms with Crippen molar-refractivity contribution in [3.8, 4) is 0 Å². The van der Waals surface area contributed by atoms with Crippen LogP contribution in [0.3, 0.4) is 0 Å². The molecule has 0 aromatic rings. The van der Waals surface area contributed by atoms with Crippen LogP contribution < -0.4 is 0 Å². The largest absolute Gasteiger partial charge is 0.417 e. The first kappa shape index (κ1) is 19.4. The standard InChI is InChI=1S/C22H38O2Si/c1-17(16-24-25(3,4)5)8-6-13-22(14-15-22)20-11-10-18-19(23)9-7-12-21(18,20)2/h11,17-18H,6-10,12-16H2,1-5H3/t17?,18-,21+/m0/s1. The molecule has 0 spiro atoms. The van der Waals surface area contributed by atoms with Crippen molar-refractivity contribution in [2.24, 2.45) is 22.7 Å². The van der Waals surface area contributed by atoms with Gasteiger partial charge < -0.3 is 4.43 Å². The Morgan fingerprint density at radius 1 is 1.28 bits per heavy atom. The first-order valence-corrected chi connectivity index (χ1v) is 13.9. The molecule has 0 bridgehead atoms. The molecular weight excluding hydrogens is 324 g/mol. The van der Waals surface area contributed by atoms with Gasteiger partial charge >= 0.3 is 0 Å². The summed E-state index contributed by atoms with van der Waals surface area (Å²) in [6, 6.07) is 0. The summed E-state index contributed by atoms with van der Waals surface area (Å²) in [5.74, 6) is 1.50. The normalized spacial score (nSPS) is 32.3. The quantitative estimate of drug-likeness (QED) is 0.383. The summed E-state index contributed by atoms with van der Waals surface area (Å²) >= 11 is 0. The lowest BCUT2D eigenvalue weighted by molar-refractivity contribution is -0.128. The van der Waals surface area contributed by atoms with E-state index >= 15 is 0 Å². The zero-order valence-electron chi connectivity index (χ0n) is 17.1. The molecule has 1 unspecified atom stereocenters. The molecule has 3 heteroatoms. The molecule has 3 rings (SSSR count). The fourth-order valence-corrected chi connectivity index (χ4v) is 6.19. The highest BCUT2D eigenvalue weighted by Crippen LogP contribution is 2.66. The molecule has 3 aliphatic rings. The maximum Gasteiger partial charge on any atom is 0.183 e. The van der Waals surface area contributed by atoms with E-state index < -0.39 is 8.32 Å². The number of fused-ring (bicyclic) bond motifs is 1. The van der Waals surface area contributed by atoms with Gasteiger partial charge in [0.15, 0.2) is 8.32 Å². The Hall–Kier alpha value is -0.413. The maximum atomic E-state index is 12.4. The highest BCUT2D eigenvalue weighted by Gasteiger charge is 2.57. The first-order valence-electron chi connectivity index (χ1n) is 10.5. The van der Waals surface area contributed by atoms with Crippen molar-refractivity contribution in [2.45, 2.75) is 91.3 Å². The number of ketones is 1. The van der Waals surface area contributed by atoms with E-state index in [1.807, 2.05) is 0 Å². The Kier molecular flexibility index (Phi) is 5.39. The molecule has 0 amide bonds. The number of Topliss-reactive ketones (excluding diaryl/α,β-unsaturated/α-hetero) is 1. The monoisotopic (exact) mass is 362 g/mol. The zero-order chi connectivity index (χ0) is 18.3. The molecule has 2 nitrogen and oxygen atoms in total. The van der Waals surface area contributed by atoms with Crippen molar-refractivity contribution in [2.75, 3.05) is 6.61 Å². The molecule has 25 heavy (non-hydrogen) atoms. The van der Waals surface area contributed by atoms with E-state index in [-0.39, 0.29) is 5.41 Å². The average molecular weight is 363 g/mol. The van der Waals surface area contributed by atoms with Crippen LogP contribution in [0.1, 0.15) is 71.6 Å². The van der Waals surface area contributed by atoms with Crippen LogP contribution in [0.15, 0.2) is 11.6 Å². The van der Waals surface area contributed by atoms with Gasteiger partial charge in [0.1, 0.15) is 5.78 Å². The van der Waals surface area contributed by atoms with E-state index in [4.69, 9.17) is 4.43 Å². The second-order valence-corrected chi connectivity index (χ2v) is 14.9. The van der Waals surface area contributed by atoms with E-state index in [1.54, 1.807) is 5.57 Å². The highest BCUT2D eigenvalue weighted by molar-refractivity contribution is 6.69. The predicted octanol–water partition coefficient (Wildman–Crippen LogP) is 6.13. The Bertz CT molecular complexity index is 541. The van der Waals surface area contributed by atoms with Crippen LogP contribution in [0.4, 0.5) is 0 Å². The van der Waals surface area contributed by atoms with E-state index in [9.17, 15) is 4.79 Å². The number of allylic oxidation sites excluding steroid dienone is 2. The van der Waals surface area contributed by atoms with E-state index in [2.05, 4.69) is 39.6 Å². The Morgan fingerprint density at radius 3 is 2.64 bits per heavy atom. The minimum absolute atomic E-state index is 0.193. The van der Waals surface area contributed by atoms with Gasteiger partial charge in [-0.2, -0.15) is 0 Å². The summed E-state index contributed by atoms with van der Waals surface area (Å²) < 4.78 is 6.08. The van der Waals surface area contributed by atoms with Crippen LogP contribution in [-0.4, -0.2) is 20.7 Å². The Morgan fingerprint density at radius 2 is 2.00 bits per heavy atom. The molecule has 0 saturated heterocycles. The van der Waals surface area contributed by atoms with Crippen LogP contribution in [0.5, 0.6) is 0 Å². The van der Waals surface area contributed by atoms with E-state index in [1.165, 1.54) is 38.5 Å². The number of rotatable bonds is 8. The van der Waals surface area contributed by atoms with Gasteiger partial charge in [0.05, 0.1) is 0 Å². The molecule has 0 radical (unpaired) electrons. The Balaban J connectivity index is 1.52. The van der Waals surface area contributed by atoms with Crippen LogP contribution in [0.25, 0.3) is 0 Å². The molecule has 0 aliphatic heterocycles. The van der Waals surface area contributed by atoms with Crippen LogP contribution >= 0.6 is 0 Å². The van der Waals surface area contributed by atoms with Crippen molar-refractivity contribution >= 4 is 14.1 Å². The first-order chi connectivity index (χ1) is 11.7. The SMILES string of the molecule is CC(CCCC1(C2=CC[C@H]3C(=O)CCC[C@@]23C)CC1)CO[Si](C)(C)C. The van der Waals surface area contributed by atoms with Crippen LogP contribution in [0.2, 0.25) is 19.6 Å². The molecule has 3 atom stereocenters. The van der Waals surface area contributed by atoms with Gasteiger partial charge in [-0.25, -0.2) is 0 Å². The van der Waals surface area contributed by atoms with Crippen LogP contribution in [0, 0.1) is 22.7 Å². The summed E-state index contributed by atoms with van der Waals surface area (Å²) in [7, 11) is -1.38. The van der Waals surface area contributed by atoms with Gasteiger partial charge in [-0.05, 0) is 81.3 Å². The van der Waals surface area contributed by atoms with Gasteiger partial charge in [-0.3, -0.25) is 4.79 Å². The molecule has 0 heterocycles. The summed E-state index contributed by atoms with van der Waals surface area (Å²) in [6.45, 7) is 12.5. The Labute approximate surface area is 155 Å². The molecule has 2 saturated carbocycles. The number of hydrogen-bond donors (Lipinski definition) is 0. The van der Waals surface area contributed by atoms with Gasteiger partial charge in [0.25, 0.3) is 0 Å². The summed E-state index contributed by atoms with van der Waals surface area (Å²) in [4.78, 5) is 12.4. The van der Waals surface area contributed by atoms with E-state index in [0.717, 1.165) is 25.9 Å². The minimum Gasteiger partial charge on any atom is -0.417 e. The molecule has 3 aliphatic carbocycles. The average Bonchev–Trinajstić information content (AvgIpc) is 3.19. The van der Waals surface area contributed by atoms with Gasteiger partial charge in [0, 0.05) is 18.9 Å².